The van der Waals surface area contributed by atoms with Gasteiger partial charge in [0.25, 0.3) is 0 Å². The molecule has 2 heterocycles. The number of pyridine rings is 1. The van der Waals surface area contributed by atoms with Crippen LogP contribution >= 0.6 is 11.8 Å². The van der Waals surface area contributed by atoms with Crippen LogP contribution < -0.4 is 0 Å². The van der Waals surface area contributed by atoms with Crippen molar-refractivity contribution in [3.63, 3.8) is 0 Å². The van der Waals surface area contributed by atoms with Crippen molar-refractivity contribution in [3.05, 3.63) is 108 Å². The molecule has 186 valence electrons. The molecule has 5 aromatic rings. The molecule has 0 saturated carbocycles. The molecule has 0 atom stereocenters. The third-order valence-electron chi connectivity index (χ3n) is 7.24. The molecule has 1 aliphatic rings. The van der Waals surface area contributed by atoms with E-state index < -0.39 is 0 Å². The minimum Gasteiger partial charge on any atom is -0.284 e. The van der Waals surface area contributed by atoms with E-state index in [4.69, 9.17) is 4.98 Å². The predicted molar refractivity (Wildman–Crippen MR) is 154 cm³/mol. The Morgan fingerprint density at radius 3 is 2.34 bits per heavy atom. The summed E-state index contributed by atoms with van der Waals surface area (Å²) in [6.07, 6.45) is 4.65. The van der Waals surface area contributed by atoms with Crippen molar-refractivity contribution in [1.82, 2.24) is 9.55 Å². The molecule has 2 aromatic heterocycles. The summed E-state index contributed by atoms with van der Waals surface area (Å²) in [5.41, 5.74) is 7.75. The first kappa shape index (κ1) is 24.2. The minimum atomic E-state index is 0.109. The fraction of sp³-hybridized carbons (Fsp3) is 0.182. The van der Waals surface area contributed by atoms with Gasteiger partial charge in [-0.2, -0.15) is 5.26 Å². The summed E-state index contributed by atoms with van der Waals surface area (Å²) in [6.45, 7) is 0. The van der Waals surface area contributed by atoms with Gasteiger partial charge in [0.1, 0.15) is 11.1 Å². The number of aromatic nitrogens is 2. The number of benzene rings is 3. The summed E-state index contributed by atoms with van der Waals surface area (Å²) in [6, 6.07) is 32.6. The van der Waals surface area contributed by atoms with Crippen molar-refractivity contribution >= 4 is 28.6 Å². The summed E-state index contributed by atoms with van der Waals surface area (Å²) < 4.78 is 1.96. The molecule has 38 heavy (non-hydrogen) atoms. The zero-order chi connectivity index (χ0) is 25.9. The molecular formula is C33H27N3OS. The molecule has 3 aromatic carbocycles. The highest BCUT2D eigenvalue weighted by molar-refractivity contribution is 7.99. The Bertz CT molecular complexity index is 1670. The Kier molecular flexibility index (Phi) is 6.81. The van der Waals surface area contributed by atoms with E-state index in [9.17, 15) is 10.1 Å². The van der Waals surface area contributed by atoms with E-state index in [0.717, 1.165) is 47.2 Å². The number of aryl methyl sites for hydroxylation is 1. The van der Waals surface area contributed by atoms with Gasteiger partial charge in [-0.05, 0) is 48.9 Å². The maximum absolute atomic E-state index is 13.6. The highest BCUT2D eigenvalue weighted by Gasteiger charge is 2.23. The van der Waals surface area contributed by atoms with Crippen LogP contribution in [-0.4, -0.2) is 21.2 Å². The van der Waals surface area contributed by atoms with E-state index in [1.54, 1.807) is 0 Å². The van der Waals surface area contributed by atoms with Crippen molar-refractivity contribution < 1.29 is 4.79 Å². The zero-order valence-electron chi connectivity index (χ0n) is 21.1. The minimum absolute atomic E-state index is 0.109. The number of hydrogen-bond acceptors (Lipinski definition) is 4. The Hall–Kier alpha value is -4.14. The monoisotopic (exact) mass is 513 g/mol. The topological polar surface area (TPSA) is 58.7 Å². The standard InChI is InChI=1S/C33H27N3OS/c34-22-28-27(23-11-3-1-4-12-23)21-29(24-13-5-2-6-14-24)35-33(28)38-20-19-32(37)36-30-17-9-7-15-25(30)26-16-8-10-18-31(26)36/h1-7,9,11-15,17,21H,8,10,16,18-20H2. The van der Waals surface area contributed by atoms with Crippen LogP contribution in [0.25, 0.3) is 33.3 Å². The molecule has 0 fully saturated rings. The first-order chi connectivity index (χ1) is 18.7. The Morgan fingerprint density at radius 1 is 0.895 bits per heavy atom. The van der Waals surface area contributed by atoms with Gasteiger partial charge in [0, 0.05) is 34.4 Å². The van der Waals surface area contributed by atoms with E-state index in [1.165, 1.54) is 34.8 Å². The molecule has 0 spiro atoms. The second-order valence-electron chi connectivity index (χ2n) is 9.56. The largest absolute Gasteiger partial charge is 0.284 e. The lowest BCUT2D eigenvalue weighted by atomic mass is 9.95. The lowest BCUT2D eigenvalue weighted by molar-refractivity contribution is 0.0912. The Balaban J connectivity index is 1.32. The summed E-state index contributed by atoms with van der Waals surface area (Å²) in [5.74, 6) is 0.659. The Morgan fingerprint density at radius 2 is 1.58 bits per heavy atom. The first-order valence-corrected chi connectivity index (χ1v) is 14.1. The van der Waals surface area contributed by atoms with Gasteiger partial charge in [-0.1, -0.05) is 78.9 Å². The number of fused-ring (bicyclic) bond motifs is 3. The number of nitriles is 1. The SMILES string of the molecule is N#Cc1c(-c2ccccc2)cc(-c2ccccc2)nc1SCCC(=O)n1c2c(c3ccccc31)CCCC2. The van der Waals surface area contributed by atoms with Crippen molar-refractivity contribution in [1.29, 1.82) is 5.26 Å². The maximum atomic E-state index is 13.6. The number of rotatable bonds is 6. The van der Waals surface area contributed by atoms with Crippen LogP contribution in [0.2, 0.25) is 0 Å². The van der Waals surface area contributed by atoms with Crippen LogP contribution in [0.15, 0.2) is 96.0 Å². The van der Waals surface area contributed by atoms with Gasteiger partial charge in [0.2, 0.25) is 5.91 Å². The molecule has 0 amide bonds. The lowest BCUT2D eigenvalue weighted by Crippen LogP contribution is -2.16. The van der Waals surface area contributed by atoms with Crippen LogP contribution in [0.5, 0.6) is 0 Å². The fourth-order valence-electron chi connectivity index (χ4n) is 5.46. The van der Waals surface area contributed by atoms with E-state index >= 15 is 0 Å². The summed E-state index contributed by atoms with van der Waals surface area (Å²) in [5, 5.41) is 12.0. The predicted octanol–water partition coefficient (Wildman–Crippen LogP) is 7.94. The number of carbonyl (C=O) groups is 1. The van der Waals surface area contributed by atoms with Gasteiger partial charge < -0.3 is 0 Å². The second kappa shape index (κ2) is 10.7. The van der Waals surface area contributed by atoms with Crippen LogP contribution in [-0.2, 0) is 12.8 Å². The number of para-hydroxylation sites is 1. The van der Waals surface area contributed by atoms with Gasteiger partial charge in [-0.25, -0.2) is 4.98 Å². The van der Waals surface area contributed by atoms with E-state index in [2.05, 4.69) is 24.3 Å². The molecule has 4 nitrogen and oxygen atoms in total. The van der Waals surface area contributed by atoms with Gasteiger partial charge in [0.15, 0.2) is 0 Å². The fourth-order valence-corrected chi connectivity index (χ4v) is 6.40. The molecule has 0 aliphatic heterocycles. The van der Waals surface area contributed by atoms with Crippen LogP contribution in [0.4, 0.5) is 0 Å². The molecule has 1 aliphatic carbocycles. The van der Waals surface area contributed by atoms with Gasteiger partial charge in [-0.15, -0.1) is 11.8 Å². The van der Waals surface area contributed by atoms with Gasteiger partial charge in [0.05, 0.1) is 16.8 Å². The highest BCUT2D eigenvalue weighted by Crippen LogP contribution is 2.35. The molecular weight excluding hydrogens is 486 g/mol. The molecule has 6 rings (SSSR count). The summed E-state index contributed by atoms with van der Waals surface area (Å²) in [7, 11) is 0. The van der Waals surface area contributed by atoms with Crippen molar-refractivity contribution in [2.45, 2.75) is 37.1 Å². The number of nitrogens with zero attached hydrogens (tertiary/aromatic N) is 3. The third-order valence-corrected chi connectivity index (χ3v) is 8.21. The van der Waals surface area contributed by atoms with Crippen molar-refractivity contribution in [3.8, 4) is 28.5 Å². The first-order valence-electron chi connectivity index (χ1n) is 13.1. The molecule has 0 radical (unpaired) electrons. The number of thioether (sulfide) groups is 1. The Labute approximate surface area is 227 Å². The molecule has 0 N–H and O–H groups in total. The molecule has 0 saturated heterocycles. The van der Waals surface area contributed by atoms with E-state index in [0.29, 0.717) is 22.8 Å². The van der Waals surface area contributed by atoms with Gasteiger partial charge >= 0.3 is 0 Å². The quantitative estimate of drug-likeness (QED) is 0.216. The zero-order valence-corrected chi connectivity index (χ0v) is 21.9. The second-order valence-corrected chi connectivity index (χ2v) is 10.6. The molecule has 0 bridgehead atoms. The van der Waals surface area contributed by atoms with Crippen LogP contribution in [0.3, 0.4) is 0 Å². The average molecular weight is 514 g/mol. The van der Waals surface area contributed by atoms with E-state index in [1.807, 2.05) is 77.4 Å². The molecule has 5 heteroatoms. The lowest BCUT2D eigenvalue weighted by Gasteiger charge is -2.15. The normalized spacial score (nSPS) is 12.7. The summed E-state index contributed by atoms with van der Waals surface area (Å²) in [4.78, 5) is 18.5. The summed E-state index contributed by atoms with van der Waals surface area (Å²) >= 11 is 1.49. The highest BCUT2D eigenvalue weighted by atomic mass is 32.2. The molecule has 0 unspecified atom stereocenters. The number of hydrogen-bond donors (Lipinski definition) is 0. The number of carbonyl (C=O) groups excluding carboxylic acids is 1. The van der Waals surface area contributed by atoms with Crippen molar-refractivity contribution in [2.75, 3.05) is 5.75 Å². The third kappa shape index (κ3) is 4.53. The average Bonchev–Trinajstić information content (AvgIpc) is 3.32. The van der Waals surface area contributed by atoms with Crippen LogP contribution in [0.1, 0.15) is 40.9 Å². The smallest absolute Gasteiger partial charge is 0.232 e. The van der Waals surface area contributed by atoms with E-state index in [-0.39, 0.29) is 5.91 Å². The van der Waals surface area contributed by atoms with Crippen molar-refractivity contribution in [2.24, 2.45) is 0 Å². The van der Waals surface area contributed by atoms with Crippen LogP contribution in [0, 0.1) is 11.3 Å². The van der Waals surface area contributed by atoms with Gasteiger partial charge in [-0.3, -0.25) is 9.36 Å². The maximum Gasteiger partial charge on any atom is 0.232 e.